The van der Waals surface area contributed by atoms with Crippen molar-refractivity contribution in [2.45, 2.75) is 86.0 Å². The Hall–Kier alpha value is -4.87. The number of nitrogens with zero attached hydrogens (tertiary/aromatic N) is 4. The molecule has 0 unspecified atom stereocenters. The highest BCUT2D eigenvalue weighted by Gasteiger charge is 2.24. The highest BCUT2D eigenvalue weighted by atomic mass is 16.6. The number of aromatic nitrogens is 3. The zero-order valence-corrected chi connectivity index (χ0v) is 28.6. The van der Waals surface area contributed by atoms with Crippen LogP contribution in [0.2, 0.25) is 0 Å². The molecule has 252 valence electrons. The topological polar surface area (TPSA) is 143 Å². The number of anilines is 1. The number of imidazole rings is 1. The molecule has 2 heterocycles. The molecule has 0 saturated carbocycles. The monoisotopic (exact) mass is 646 g/mol. The Bertz CT molecular complexity index is 1700. The van der Waals surface area contributed by atoms with E-state index in [2.05, 4.69) is 20.3 Å². The summed E-state index contributed by atoms with van der Waals surface area (Å²) < 4.78 is 17.2. The van der Waals surface area contributed by atoms with E-state index in [1.165, 1.54) is 4.90 Å². The van der Waals surface area contributed by atoms with Gasteiger partial charge in [0.25, 0.3) is 0 Å². The third-order valence-corrected chi connectivity index (χ3v) is 6.68. The lowest BCUT2D eigenvalue weighted by atomic mass is 10.1. The predicted octanol–water partition coefficient (Wildman–Crippen LogP) is 7.62. The smallest absolute Gasteiger partial charge is 0.410 e. The lowest BCUT2D eigenvalue weighted by Crippen LogP contribution is -2.41. The number of H-pyrrole nitrogens is 1. The summed E-state index contributed by atoms with van der Waals surface area (Å²) in [6.45, 7) is 16.0. The van der Waals surface area contributed by atoms with Crippen LogP contribution in [0.5, 0.6) is 0 Å². The van der Waals surface area contributed by atoms with Gasteiger partial charge in [-0.2, -0.15) is 0 Å². The van der Waals surface area contributed by atoms with Gasteiger partial charge >= 0.3 is 12.2 Å². The first kappa shape index (κ1) is 35.0. The van der Waals surface area contributed by atoms with Crippen molar-refractivity contribution >= 4 is 34.8 Å². The summed E-state index contributed by atoms with van der Waals surface area (Å²) in [7, 11) is 0. The normalized spacial score (nSPS) is 11.7. The van der Waals surface area contributed by atoms with Crippen LogP contribution in [0.15, 0.2) is 53.1 Å². The van der Waals surface area contributed by atoms with Gasteiger partial charge in [0, 0.05) is 29.9 Å². The van der Waals surface area contributed by atoms with Gasteiger partial charge in [0.05, 0.1) is 23.8 Å². The third kappa shape index (κ3) is 10.1. The highest BCUT2D eigenvalue weighted by Crippen LogP contribution is 2.29. The van der Waals surface area contributed by atoms with Gasteiger partial charge in [-0.25, -0.2) is 19.6 Å². The van der Waals surface area contributed by atoms with Crippen molar-refractivity contribution in [3.05, 3.63) is 54.5 Å². The maximum atomic E-state index is 12.9. The van der Waals surface area contributed by atoms with Gasteiger partial charge in [-0.05, 0) is 84.7 Å². The number of carbonyl (C=O) groups is 3. The number of benzene rings is 2. The fourth-order valence-corrected chi connectivity index (χ4v) is 4.78. The van der Waals surface area contributed by atoms with Gasteiger partial charge in [-0.15, -0.1) is 0 Å². The lowest BCUT2D eigenvalue weighted by Gasteiger charge is -2.26. The second-order valence-electron chi connectivity index (χ2n) is 13.4. The maximum absolute atomic E-state index is 12.9. The molecule has 2 aromatic heterocycles. The molecule has 2 aromatic carbocycles. The molecule has 4 aromatic rings. The maximum Gasteiger partial charge on any atom is 0.410 e. The molecule has 0 bridgehead atoms. The molecule has 12 heteroatoms. The average Bonchev–Trinajstić information content (AvgIpc) is 3.62. The summed E-state index contributed by atoms with van der Waals surface area (Å²) >= 11 is 0. The average molecular weight is 647 g/mol. The minimum Gasteiger partial charge on any atom is -0.444 e. The Balaban J connectivity index is 1.45. The lowest BCUT2D eigenvalue weighted by molar-refractivity contribution is -0.117. The summed E-state index contributed by atoms with van der Waals surface area (Å²) in [6.07, 6.45) is 2.21. The first-order chi connectivity index (χ1) is 22.1. The quantitative estimate of drug-likeness (QED) is 0.169. The fourth-order valence-electron chi connectivity index (χ4n) is 4.78. The Kier molecular flexibility index (Phi) is 10.9. The van der Waals surface area contributed by atoms with Crippen LogP contribution in [0.1, 0.15) is 74.1 Å². The SMILES string of the molecule is CCCN(CC(=O)Nc1cccc(-c2cnc(-c3ccc4nc(CN(CCC)C(=O)OC(C)(C)C)[nH]c4c3)o2)c1)C(=O)OC(C)(C)C. The van der Waals surface area contributed by atoms with Gasteiger partial charge in [-0.1, -0.05) is 26.0 Å². The van der Waals surface area contributed by atoms with Crippen LogP contribution < -0.4 is 5.32 Å². The van der Waals surface area contributed by atoms with Crippen molar-refractivity contribution in [2.24, 2.45) is 0 Å². The van der Waals surface area contributed by atoms with E-state index in [1.807, 2.05) is 65.0 Å². The number of carbonyl (C=O) groups excluding carboxylic acids is 3. The molecule has 0 aliphatic heterocycles. The molecule has 12 nitrogen and oxygen atoms in total. The molecule has 3 amide bonds. The van der Waals surface area contributed by atoms with Crippen LogP contribution in [-0.4, -0.2) is 73.7 Å². The fraction of sp³-hybridized carbons (Fsp3) is 0.457. The Morgan fingerprint density at radius 1 is 0.872 bits per heavy atom. The van der Waals surface area contributed by atoms with Crippen LogP contribution in [0.3, 0.4) is 0 Å². The number of hydrogen-bond acceptors (Lipinski definition) is 8. The number of rotatable bonds is 11. The minimum atomic E-state index is -0.656. The number of ether oxygens (including phenoxy) is 2. The van der Waals surface area contributed by atoms with E-state index >= 15 is 0 Å². The Morgan fingerprint density at radius 2 is 1.53 bits per heavy atom. The van der Waals surface area contributed by atoms with Crippen molar-refractivity contribution in [1.82, 2.24) is 24.8 Å². The van der Waals surface area contributed by atoms with E-state index in [0.717, 1.165) is 28.6 Å². The second kappa shape index (κ2) is 14.7. The van der Waals surface area contributed by atoms with Gasteiger partial charge < -0.3 is 29.1 Å². The van der Waals surface area contributed by atoms with Crippen molar-refractivity contribution < 1.29 is 28.3 Å². The molecule has 0 radical (unpaired) electrons. The summed E-state index contributed by atoms with van der Waals surface area (Å²) in [5, 5.41) is 2.86. The van der Waals surface area contributed by atoms with Crippen molar-refractivity contribution in [2.75, 3.05) is 25.0 Å². The van der Waals surface area contributed by atoms with Crippen molar-refractivity contribution in [1.29, 1.82) is 0 Å². The van der Waals surface area contributed by atoms with Crippen LogP contribution >= 0.6 is 0 Å². The molecule has 0 saturated heterocycles. The van der Waals surface area contributed by atoms with Crippen LogP contribution in [-0.2, 0) is 20.8 Å². The minimum absolute atomic E-state index is 0.130. The molecule has 0 spiro atoms. The van der Waals surface area contributed by atoms with Gasteiger partial charge in [0.15, 0.2) is 5.76 Å². The zero-order chi connectivity index (χ0) is 34.4. The number of aromatic amines is 1. The summed E-state index contributed by atoms with van der Waals surface area (Å²) in [4.78, 5) is 53.7. The van der Waals surface area contributed by atoms with Gasteiger partial charge in [-0.3, -0.25) is 9.69 Å². The van der Waals surface area contributed by atoms with E-state index in [0.29, 0.717) is 49.2 Å². The van der Waals surface area contributed by atoms with E-state index in [9.17, 15) is 14.4 Å². The van der Waals surface area contributed by atoms with Gasteiger partial charge in [0.1, 0.15) is 23.6 Å². The molecule has 0 atom stereocenters. The number of amides is 3. The van der Waals surface area contributed by atoms with Crippen LogP contribution in [0.4, 0.5) is 15.3 Å². The van der Waals surface area contributed by atoms with Crippen molar-refractivity contribution in [3.63, 3.8) is 0 Å². The number of oxazole rings is 1. The third-order valence-electron chi connectivity index (χ3n) is 6.68. The predicted molar refractivity (Wildman–Crippen MR) is 181 cm³/mol. The largest absolute Gasteiger partial charge is 0.444 e. The Labute approximate surface area is 275 Å². The molecule has 0 aliphatic carbocycles. The van der Waals surface area contributed by atoms with Crippen molar-refractivity contribution in [3.8, 4) is 22.8 Å². The van der Waals surface area contributed by atoms with Crippen LogP contribution in [0, 0.1) is 0 Å². The second-order valence-corrected chi connectivity index (χ2v) is 13.4. The molecule has 4 rings (SSSR count). The molecule has 0 aliphatic rings. The van der Waals surface area contributed by atoms with Crippen LogP contribution in [0.25, 0.3) is 33.8 Å². The van der Waals surface area contributed by atoms with E-state index in [4.69, 9.17) is 13.9 Å². The summed E-state index contributed by atoms with van der Waals surface area (Å²) in [5.74, 6) is 1.25. The highest BCUT2D eigenvalue weighted by molar-refractivity contribution is 5.94. The van der Waals surface area contributed by atoms with Gasteiger partial charge in [0.2, 0.25) is 11.8 Å². The molecular formula is C35H46N6O6. The number of nitrogens with one attached hydrogen (secondary N) is 2. The molecule has 2 N–H and O–H groups in total. The molecular weight excluding hydrogens is 600 g/mol. The van der Waals surface area contributed by atoms with E-state index < -0.39 is 17.3 Å². The summed E-state index contributed by atoms with van der Waals surface area (Å²) in [6, 6.07) is 12.9. The first-order valence-corrected chi connectivity index (χ1v) is 15.9. The van der Waals surface area contributed by atoms with E-state index in [-0.39, 0.29) is 18.5 Å². The molecule has 0 fully saturated rings. The number of fused-ring (bicyclic) bond motifs is 1. The molecule has 47 heavy (non-hydrogen) atoms. The summed E-state index contributed by atoms with van der Waals surface area (Å²) in [5.41, 5.74) is 2.32. The first-order valence-electron chi connectivity index (χ1n) is 15.9. The standard InChI is InChI=1S/C35H46N6O6/c1-9-16-40(32(43)46-34(3,4)5)21-29-38-26-15-14-24(19-27(26)39-29)31-36-20-28(45-31)23-12-11-13-25(18-23)37-30(42)22-41(17-10-2)33(44)47-35(6,7)8/h11-15,18-20H,9-10,16-17,21-22H2,1-8H3,(H,37,42)(H,38,39). The Morgan fingerprint density at radius 3 is 2.19 bits per heavy atom. The zero-order valence-electron chi connectivity index (χ0n) is 28.6. The number of hydrogen-bond donors (Lipinski definition) is 2. The van der Waals surface area contributed by atoms with E-state index in [1.54, 1.807) is 44.0 Å².